The summed E-state index contributed by atoms with van der Waals surface area (Å²) in [6.45, 7) is 7.87. The van der Waals surface area contributed by atoms with E-state index in [4.69, 9.17) is 4.74 Å². The van der Waals surface area contributed by atoms with Crippen molar-refractivity contribution >= 4 is 27.3 Å². The number of rotatable bonds is 5. The lowest BCUT2D eigenvalue weighted by Gasteiger charge is -2.35. The molecular weight excluding hydrogens is 436 g/mol. The number of nitrogens with one attached hydrogen (secondary N) is 1. The third kappa shape index (κ3) is 4.73. The van der Waals surface area contributed by atoms with Crippen molar-refractivity contribution in [2.45, 2.75) is 44.6 Å². The van der Waals surface area contributed by atoms with Gasteiger partial charge in [-0.3, -0.25) is 9.10 Å². The summed E-state index contributed by atoms with van der Waals surface area (Å²) in [5, 5.41) is 2.85. The molecule has 1 aliphatic rings. The first-order valence-electron chi connectivity index (χ1n) is 10.9. The molecule has 33 heavy (non-hydrogen) atoms. The minimum absolute atomic E-state index is 0.122. The summed E-state index contributed by atoms with van der Waals surface area (Å²) in [5.74, 6) is 0.345. The lowest BCUT2D eigenvalue weighted by molar-refractivity contribution is -0.122. The smallest absolute Gasteiger partial charge is 0.267 e. The normalized spacial score (nSPS) is 15.7. The third-order valence-electron chi connectivity index (χ3n) is 5.73. The minimum atomic E-state index is -3.89. The van der Waals surface area contributed by atoms with Gasteiger partial charge in [0.1, 0.15) is 5.75 Å². The van der Waals surface area contributed by atoms with Gasteiger partial charge in [-0.25, -0.2) is 8.42 Å². The molecule has 4 rings (SSSR count). The number of nitrogens with zero attached hydrogens (tertiary/aromatic N) is 1. The number of hydrogen-bond acceptors (Lipinski definition) is 4. The number of amides is 1. The number of ether oxygens (including phenoxy) is 1. The lowest BCUT2D eigenvalue weighted by Crippen LogP contribution is -2.48. The van der Waals surface area contributed by atoms with Crippen LogP contribution in [0.5, 0.6) is 5.75 Å². The zero-order chi connectivity index (χ0) is 23.8. The molecule has 1 N–H and O–H groups in total. The van der Waals surface area contributed by atoms with Crippen LogP contribution in [0, 0.1) is 13.8 Å². The summed E-state index contributed by atoms with van der Waals surface area (Å²) >= 11 is 0. The quantitative estimate of drug-likeness (QED) is 0.575. The summed E-state index contributed by atoms with van der Waals surface area (Å²) in [5.41, 5.74) is 4.10. The van der Waals surface area contributed by atoms with Gasteiger partial charge in [-0.15, -0.1) is 0 Å². The van der Waals surface area contributed by atoms with Crippen LogP contribution in [-0.2, 0) is 14.8 Å². The van der Waals surface area contributed by atoms with Crippen LogP contribution in [0.3, 0.4) is 0 Å². The Hall–Kier alpha value is -3.32. The Morgan fingerprint density at radius 2 is 1.61 bits per heavy atom. The third-order valence-corrected chi connectivity index (χ3v) is 7.52. The van der Waals surface area contributed by atoms with Crippen molar-refractivity contribution in [3.8, 4) is 5.75 Å². The van der Waals surface area contributed by atoms with Crippen LogP contribution in [-0.4, -0.2) is 27.0 Å². The van der Waals surface area contributed by atoms with Gasteiger partial charge in [0.2, 0.25) is 0 Å². The molecule has 1 heterocycles. The fourth-order valence-electron chi connectivity index (χ4n) is 3.74. The molecule has 0 saturated carbocycles. The molecule has 0 saturated heterocycles. The first-order valence-corrected chi connectivity index (χ1v) is 12.4. The molecule has 0 aliphatic carbocycles. The van der Waals surface area contributed by atoms with E-state index in [1.165, 1.54) is 9.87 Å². The molecule has 6 nitrogen and oxygen atoms in total. The first-order chi connectivity index (χ1) is 15.6. The molecule has 172 valence electrons. The summed E-state index contributed by atoms with van der Waals surface area (Å²) < 4.78 is 34.3. The average molecular weight is 465 g/mol. The van der Waals surface area contributed by atoms with Gasteiger partial charge in [0.15, 0.2) is 6.10 Å². The van der Waals surface area contributed by atoms with Crippen molar-refractivity contribution in [3.63, 3.8) is 0 Å². The van der Waals surface area contributed by atoms with Gasteiger partial charge >= 0.3 is 0 Å². The summed E-state index contributed by atoms with van der Waals surface area (Å²) in [7, 11) is -3.89. The van der Waals surface area contributed by atoms with E-state index < -0.39 is 22.0 Å². The van der Waals surface area contributed by atoms with Crippen LogP contribution >= 0.6 is 0 Å². The topological polar surface area (TPSA) is 75.7 Å². The fourth-order valence-corrected chi connectivity index (χ4v) is 5.20. The van der Waals surface area contributed by atoms with Crippen LogP contribution in [0.1, 0.15) is 36.5 Å². The van der Waals surface area contributed by atoms with Crippen LogP contribution < -0.4 is 14.4 Å². The van der Waals surface area contributed by atoms with Crippen molar-refractivity contribution in [1.29, 1.82) is 0 Å². The SMILES string of the molecule is Cc1ccc(S(=O)(=O)N2C[C@H](C(=O)Nc3ccc(C(C)C)cc3)Oc3ccc(C)cc32)cc1. The second-order valence-electron chi connectivity index (χ2n) is 8.69. The molecule has 0 spiro atoms. The predicted octanol–water partition coefficient (Wildman–Crippen LogP) is 5.02. The molecule has 7 heteroatoms. The molecule has 0 aromatic heterocycles. The molecular formula is C26H28N2O4S. The summed E-state index contributed by atoms with van der Waals surface area (Å²) in [6.07, 6.45) is -0.995. The first kappa shape index (κ1) is 22.9. The van der Waals surface area contributed by atoms with E-state index in [9.17, 15) is 13.2 Å². The predicted molar refractivity (Wildman–Crippen MR) is 130 cm³/mol. The summed E-state index contributed by atoms with van der Waals surface area (Å²) in [4.78, 5) is 13.2. The largest absolute Gasteiger partial charge is 0.476 e. The number of benzene rings is 3. The Morgan fingerprint density at radius 1 is 0.970 bits per heavy atom. The zero-order valence-corrected chi connectivity index (χ0v) is 20.0. The Kier molecular flexibility index (Phi) is 6.17. The molecule has 1 aliphatic heterocycles. The van der Waals surface area contributed by atoms with E-state index in [2.05, 4.69) is 19.2 Å². The summed E-state index contributed by atoms with van der Waals surface area (Å²) in [6, 6.07) is 19.6. The van der Waals surface area contributed by atoms with E-state index in [1.54, 1.807) is 36.4 Å². The highest BCUT2D eigenvalue weighted by Gasteiger charge is 2.37. The monoisotopic (exact) mass is 464 g/mol. The molecule has 1 atom stereocenters. The fraction of sp³-hybridized carbons (Fsp3) is 0.269. The van der Waals surface area contributed by atoms with Gasteiger partial charge in [0.25, 0.3) is 15.9 Å². The maximum absolute atomic E-state index is 13.5. The van der Waals surface area contributed by atoms with Crippen LogP contribution in [0.4, 0.5) is 11.4 Å². The van der Waals surface area contributed by atoms with Gasteiger partial charge in [0.05, 0.1) is 17.1 Å². The van der Waals surface area contributed by atoms with Gasteiger partial charge in [-0.1, -0.05) is 49.7 Å². The second kappa shape index (κ2) is 8.90. The van der Waals surface area contributed by atoms with Gasteiger partial charge in [0, 0.05) is 5.69 Å². The van der Waals surface area contributed by atoms with Gasteiger partial charge < -0.3 is 10.1 Å². The Morgan fingerprint density at radius 3 is 2.24 bits per heavy atom. The number of fused-ring (bicyclic) bond motifs is 1. The number of hydrogen-bond donors (Lipinski definition) is 1. The Balaban J connectivity index is 1.64. The molecule has 0 radical (unpaired) electrons. The number of anilines is 2. The number of sulfonamides is 1. The van der Waals surface area contributed by atoms with E-state index in [-0.39, 0.29) is 11.4 Å². The van der Waals surface area contributed by atoms with Gasteiger partial charge in [-0.05, 0) is 67.3 Å². The molecule has 0 fully saturated rings. The van der Waals surface area contributed by atoms with E-state index in [0.717, 1.165) is 11.1 Å². The van der Waals surface area contributed by atoms with Gasteiger partial charge in [-0.2, -0.15) is 0 Å². The van der Waals surface area contributed by atoms with Crippen LogP contribution in [0.2, 0.25) is 0 Å². The number of aryl methyl sites for hydroxylation is 2. The Bertz CT molecular complexity index is 1270. The lowest BCUT2D eigenvalue weighted by atomic mass is 10.0. The highest BCUT2D eigenvalue weighted by molar-refractivity contribution is 7.92. The second-order valence-corrected chi connectivity index (χ2v) is 10.6. The number of carbonyl (C=O) groups excluding carboxylic acids is 1. The molecule has 1 amide bonds. The van der Waals surface area contributed by atoms with E-state index >= 15 is 0 Å². The van der Waals surface area contributed by atoms with E-state index in [1.807, 2.05) is 44.2 Å². The van der Waals surface area contributed by atoms with Crippen molar-refractivity contribution in [2.24, 2.45) is 0 Å². The minimum Gasteiger partial charge on any atom is -0.476 e. The van der Waals surface area contributed by atoms with Crippen molar-refractivity contribution < 1.29 is 17.9 Å². The molecule has 3 aromatic carbocycles. The molecule has 3 aromatic rings. The maximum Gasteiger partial charge on any atom is 0.267 e. The van der Waals surface area contributed by atoms with Crippen LogP contribution in [0.25, 0.3) is 0 Å². The highest BCUT2D eigenvalue weighted by atomic mass is 32.2. The molecule has 0 unspecified atom stereocenters. The Labute approximate surface area is 195 Å². The van der Waals surface area contributed by atoms with E-state index in [0.29, 0.717) is 23.0 Å². The number of carbonyl (C=O) groups is 1. The van der Waals surface area contributed by atoms with Crippen molar-refractivity contribution in [3.05, 3.63) is 83.4 Å². The highest BCUT2D eigenvalue weighted by Crippen LogP contribution is 2.38. The molecule has 0 bridgehead atoms. The average Bonchev–Trinajstić information content (AvgIpc) is 2.79. The van der Waals surface area contributed by atoms with Crippen molar-refractivity contribution in [2.75, 3.05) is 16.2 Å². The van der Waals surface area contributed by atoms with Crippen molar-refractivity contribution in [1.82, 2.24) is 0 Å². The zero-order valence-electron chi connectivity index (χ0n) is 19.2. The van der Waals surface area contributed by atoms with Crippen LogP contribution in [0.15, 0.2) is 71.6 Å². The maximum atomic E-state index is 13.5. The standard InChI is InChI=1S/C26H28N2O4S/c1-17(2)20-8-10-21(11-9-20)27-26(29)25-16-28(23-15-19(4)7-14-24(23)32-25)33(30,31)22-12-5-18(3)6-13-22/h5-15,17,25H,16H2,1-4H3,(H,27,29)/t25-/m1/s1.